The monoisotopic (exact) mass is 377 g/mol. The third kappa shape index (κ3) is 2.61. The average molecular weight is 377 g/mol. The highest BCUT2D eigenvalue weighted by Gasteiger charge is 2.48. The lowest BCUT2D eigenvalue weighted by molar-refractivity contribution is -0.130. The number of benzene rings is 1. The highest BCUT2D eigenvalue weighted by Crippen LogP contribution is 2.46. The molecular weight excluding hydrogens is 354 g/mol. The third-order valence-electron chi connectivity index (χ3n) is 6.15. The summed E-state index contributed by atoms with van der Waals surface area (Å²) in [6, 6.07) is 8.22. The molecule has 2 aromatic heterocycles. The summed E-state index contributed by atoms with van der Waals surface area (Å²) in [6.07, 6.45) is 7.46. The Morgan fingerprint density at radius 1 is 1.14 bits per heavy atom. The van der Waals surface area contributed by atoms with E-state index in [1.54, 1.807) is 26.4 Å². The van der Waals surface area contributed by atoms with Crippen LogP contribution in [0.5, 0.6) is 5.75 Å². The lowest BCUT2D eigenvalue weighted by atomic mass is 9.89. The van der Waals surface area contributed by atoms with Gasteiger partial charge in [0, 0.05) is 50.8 Å². The number of rotatable bonds is 3. The molecule has 0 bridgehead atoms. The van der Waals surface area contributed by atoms with E-state index in [0.29, 0.717) is 11.8 Å². The molecular formula is C21H23N5O2. The second-order valence-electron chi connectivity index (χ2n) is 7.64. The van der Waals surface area contributed by atoms with Crippen molar-refractivity contribution in [1.29, 1.82) is 0 Å². The van der Waals surface area contributed by atoms with Crippen molar-refractivity contribution in [2.45, 2.75) is 13.0 Å². The Bertz CT molecular complexity index is 1020. The van der Waals surface area contributed by atoms with Crippen LogP contribution in [0.1, 0.15) is 18.5 Å². The fraction of sp³-hybridized carbons (Fsp3) is 0.381. The molecule has 1 aromatic carbocycles. The van der Waals surface area contributed by atoms with Gasteiger partial charge in [0.05, 0.1) is 25.5 Å². The predicted octanol–water partition coefficient (Wildman–Crippen LogP) is 2.39. The van der Waals surface area contributed by atoms with Crippen LogP contribution in [-0.4, -0.2) is 51.9 Å². The number of hydrogen-bond donors (Lipinski definition) is 0. The van der Waals surface area contributed by atoms with Crippen LogP contribution in [0.15, 0.2) is 49.1 Å². The smallest absolute Gasteiger partial charge is 0.219 e. The van der Waals surface area contributed by atoms with E-state index in [2.05, 4.69) is 31.4 Å². The van der Waals surface area contributed by atoms with Crippen molar-refractivity contribution in [1.82, 2.24) is 19.3 Å². The summed E-state index contributed by atoms with van der Waals surface area (Å²) in [5, 5.41) is 0. The number of fused-ring (bicyclic) bond motifs is 2. The number of amides is 1. The van der Waals surface area contributed by atoms with Crippen LogP contribution in [0.4, 0.5) is 5.82 Å². The zero-order chi connectivity index (χ0) is 19.3. The average Bonchev–Trinajstić information content (AvgIpc) is 3.41. The predicted molar refractivity (Wildman–Crippen MR) is 105 cm³/mol. The molecule has 2 aliphatic heterocycles. The van der Waals surface area contributed by atoms with Crippen LogP contribution in [0.3, 0.4) is 0 Å². The van der Waals surface area contributed by atoms with Crippen molar-refractivity contribution in [3.05, 3.63) is 54.6 Å². The maximum atomic E-state index is 12.3. The maximum absolute atomic E-state index is 12.3. The second kappa shape index (κ2) is 6.51. The molecule has 0 unspecified atom stereocenters. The molecule has 1 amide bonds. The first kappa shape index (κ1) is 17.0. The zero-order valence-corrected chi connectivity index (χ0v) is 16.0. The van der Waals surface area contributed by atoms with Crippen LogP contribution < -0.4 is 9.64 Å². The van der Waals surface area contributed by atoms with E-state index < -0.39 is 0 Å². The summed E-state index contributed by atoms with van der Waals surface area (Å²) >= 11 is 0. The lowest BCUT2D eigenvalue weighted by Gasteiger charge is -2.30. The van der Waals surface area contributed by atoms with Crippen molar-refractivity contribution in [2.24, 2.45) is 11.8 Å². The van der Waals surface area contributed by atoms with Crippen molar-refractivity contribution < 1.29 is 9.53 Å². The number of nitrogens with zero attached hydrogens (tertiary/aromatic N) is 5. The first-order chi connectivity index (χ1) is 13.7. The normalized spacial score (nSPS) is 24.0. The van der Waals surface area contributed by atoms with Gasteiger partial charge in [0.25, 0.3) is 0 Å². The van der Waals surface area contributed by atoms with Gasteiger partial charge in [-0.15, -0.1) is 0 Å². The summed E-state index contributed by atoms with van der Waals surface area (Å²) in [5.74, 6) is 2.86. The summed E-state index contributed by atoms with van der Waals surface area (Å²) in [6.45, 7) is 4.27. The summed E-state index contributed by atoms with van der Waals surface area (Å²) < 4.78 is 7.38. The van der Waals surface area contributed by atoms with Crippen molar-refractivity contribution in [3.8, 4) is 5.75 Å². The Hall–Kier alpha value is -3.09. The van der Waals surface area contributed by atoms with E-state index in [4.69, 9.17) is 4.74 Å². The lowest BCUT2D eigenvalue weighted by Crippen LogP contribution is -2.34. The Kier molecular flexibility index (Phi) is 3.96. The fourth-order valence-electron chi connectivity index (χ4n) is 4.86. The van der Waals surface area contributed by atoms with E-state index in [1.165, 1.54) is 5.56 Å². The molecule has 0 aliphatic carbocycles. The van der Waals surface area contributed by atoms with E-state index in [-0.39, 0.29) is 11.9 Å². The van der Waals surface area contributed by atoms with Crippen molar-refractivity contribution in [3.63, 3.8) is 0 Å². The van der Waals surface area contributed by atoms with E-state index in [9.17, 15) is 4.79 Å². The van der Waals surface area contributed by atoms with Crippen molar-refractivity contribution in [2.75, 3.05) is 31.6 Å². The molecule has 144 valence electrons. The zero-order valence-electron chi connectivity index (χ0n) is 16.0. The van der Waals surface area contributed by atoms with Gasteiger partial charge >= 0.3 is 0 Å². The minimum Gasteiger partial charge on any atom is -0.497 e. The van der Waals surface area contributed by atoms with Gasteiger partial charge in [-0.25, -0.2) is 4.98 Å². The molecule has 0 saturated carbocycles. The highest BCUT2D eigenvalue weighted by atomic mass is 16.5. The molecule has 0 N–H and O–H groups in total. The molecule has 28 heavy (non-hydrogen) atoms. The molecule has 2 aliphatic rings. The molecule has 3 aromatic rings. The molecule has 3 atom stereocenters. The van der Waals surface area contributed by atoms with Gasteiger partial charge in [0.2, 0.25) is 5.91 Å². The number of aromatic nitrogens is 3. The van der Waals surface area contributed by atoms with Gasteiger partial charge in [-0.1, -0.05) is 12.1 Å². The summed E-state index contributed by atoms with van der Waals surface area (Å²) in [7, 11) is 1.67. The number of carbonyl (C=O) groups is 1. The molecule has 7 nitrogen and oxygen atoms in total. The molecule has 0 radical (unpaired) electrons. The van der Waals surface area contributed by atoms with Crippen LogP contribution in [-0.2, 0) is 4.79 Å². The number of carbonyl (C=O) groups excluding carboxylic acids is 1. The maximum Gasteiger partial charge on any atom is 0.219 e. The van der Waals surface area contributed by atoms with Crippen LogP contribution in [0.25, 0.3) is 5.65 Å². The number of imidazole rings is 1. The van der Waals surface area contributed by atoms with Gasteiger partial charge in [-0.05, 0) is 17.7 Å². The second-order valence-corrected chi connectivity index (χ2v) is 7.64. The van der Waals surface area contributed by atoms with Gasteiger partial charge in [0.1, 0.15) is 11.6 Å². The van der Waals surface area contributed by atoms with E-state index in [0.717, 1.165) is 36.8 Å². The topological polar surface area (TPSA) is 63.0 Å². The molecule has 2 fully saturated rings. The number of hydrogen-bond acceptors (Lipinski definition) is 5. The fourth-order valence-corrected chi connectivity index (χ4v) is 4.86. The molecule has 4 heterocycles. The number of likely N-dealkylation sites (tertiary alicyclic amines) is 1. The Morgan fingerprint density at radius 2 is 1.96 bits per heavy atom. The minimum absolute atomic E-state index is 0.0911. The molecule has 0 spiro atoms. The SMILES string of the molecule is COc1ccc([C@H]2[C@@H]3CN(c4cncc5nccn45)C[C@@H]3CN2C(C)=O)cc1. The van der Waals surface area contributed by atoms with Gasteiger partial charge in [-0.2, -0.15) is 0 Å². The van der Waals surface area contributed by atoms with Crippen LogP contribution >= 0.6 is 0 Å². The summed E-state index contributed by atoms with van der Waals surface area (Å²) in [5.41, 5.74) is 2.02. The largest absolute Gasteiger partial charge is 0.497 e. The van der Waals surface area contributed by atoms with Crippen LogP contribution in [0.2, 0.25) is 0 Å². The van der Waals surface area contributed by atoms with Gasteiger partial charge < -0.3 is 14.5 Å². The first-order valence-corrected chi connectivity index (χ1v) is 9.59. The highest BCUT2D eigenvalue weighted by molar-refractivity contribution is 5.74. The Labute approximate surface area is 163 Å². The van der Waals surface area contributed by atoms with Gasteiger partial charge in [0.15, 0.2) is 5.65 Å². The van der Waals surface area contributed by atoms with Crippen LogP contribution in [0, 0.1) is 11.8 Å². The molecule has 7 heteroatoms. The van der Waals surface area contributed by atoms with E-state index >= 15 is 0 Å². The quantitative estimate of drug-likeness (QED) is 0.701. The summed E-state index contributed by atoms with van der Waals surface area (Å²) in [4.78, 5) is 25.5. The Morgan fingerprint density at radius 3 is 2.71 bits per heavy atom. The Balaban J connectivity index is 1.47. The number of ether oxygens (including phenoxy) is 1. The third-order valence-corrected chi connectivity index (χ3v) is 6.15. The molecule has 2 saturated heterocycles. The standard InChI is InChI=1S/C21H23N5O2/c1-14(27)26-12-16-11-24(20-10-22-9-19-23-7-8-25(19)20)13-18(16)21(26)15-3-5-17(28-2)6-4-15/h3-10,16,18,21H,11-13H2,1-2H3/t16-,18-,21+/m1/s1. The minimum atomic E-state index is 0.0911. The first-order valence-electron chi connectivity index (χ1n) is 9.59. The van der Waals surface area contributed by atoms with Crippen molar-refractivity contribution >= 4 is 17.4 Å². The number of methoxy groups -OCH3 is 1. The van der Waals surface area contributed by atoms with Gasteiger partial charge in [-0.3, -0.25) is 14.2 Å². The van der Waals surface area contributed by atoms with E-state index in [1.807, 2.05) is 29.4 Å². The number of anilines is 1. The molecule has 5 rings (SSSR count).